The van der Waals surface area contributed by atoms with Gasteiger partial charge in [0.15, 0.2) is 0 Å². The van der Waals surface area contributed by atoms with E-state index in [0.717, 1.165) is 6.42 Å². The van der Waals surface area contributed by atoms with E-state index in [9.17, 15) is 4.79 Å². The van der Waals surface area contributed by atoms with Gasteiger partial charge < -0.3 is 15.2 Å². The Morgan fingerprint density at radius 1 is 1.20 bits per heavy atom. The van der Waals surface area contributed by atoms with Gasteiger partial charge in [0.25, 0.3) is 0 Å². The molecule has 5 heteroatoms. The molecule has 0 aromatic heterocycles. The van der Waals surface area contributed by atoms with Crippen LogP contribution in [0.4, 0.5) is 0 Å². The molecular weight excluding hydrogens is 274 g/mol. The Balaban J connectivity index is 4.12. The third kappa shape index (κ3) is 10.5. The Morgan fingerprint density at radius 3 is 2.20 bits per heavy atom. The number of nitrogens with one attached hydrogen (secondary N) is 1. The lowest BCUT2D eigenvalue weighted by molar-refractivity contribution is -0.127. The second-order valence-corrected chi connectivity index (χ2v) is 8.66. The van der Waals surface area contributed by atoms with Crippen LogP contribution in [0, 0.1) is 5.41 Å². The number of aliphatic hydroxyl groups excluding tert-OH is 1. The zero-order chi connectivity index (χ0) is 16.0. The maximum Gasteiger partial charge on any atom is 0.222 e. The maximum absolute atomic E-state index is 11.9. The van der Waals surface area contributed by atoms with E-state index in [1.165, 1.54) is 0 Å². The minimum absolute atomic E-state index is 0.0209. The smallest absolute Gasteiger partial charge is 0.222 e. The first-order chi connectivity index (χ1) is 8.87. The van der Waals surface area contributed by atoms with Crippen LogP contribution >= 0.6 is 12.6 Å². The Hall–Kier alpha value is -0.260. The number of aliphatic hydroxyl groups is 1. The Labute approximate surface area is 129 Å². The fourth-order valence-electron chi connectivity index (χ4n) is 2.38. The molecule has 1 amide bonds. The quantitative estimate of drug-likeness (QED) is 0.453. The predicted octanol–water partition coefficient (Wildman–Crippen LogP) is 2.75. The molecular formula is C15H31NO3S. The van der Waals surface area contributed by atoms with Gasteiger partial charge in [0.05, 0.1) is 5.60 Å². The van der Waals surface area contributed by atoms with E-state index < -0.39 is 5.60 Å². The molecule has 0 heterocycles. The molecule has 0 rings (SSSR count). The normalized spacial score (nSPS) is 13.4. The summed E-state index contributed by atoms with van der Waals surface area (Å²) in [5.41, 5.74) is -0.527. The van der Waals surface area contributed by atoms with Gasteiger partial charge in [-0.3, -0.25) is 4.79 Å². The van der Waals surface area contributed by atoms with Gasteiger partial charge in [-0.15, -0.1) is 0 Å². The summed E-state index contributed by atoms with van der Waals surface area (Å²) in [5.74, 6) is -0.0209. The monoisotopic (exact) mass is 305 g/mol. The van der Waals surface area contributed by atoms with Crippen molar-refractivity contribution in [1.82, 2.24) is 5.32 Å². The van der Waals surface area contributed by atoms with Crippen LogP contribution in [0.5, 0.6) is 0 Å². The zero-order valence-corrected chi connectivity index (χ0v) is 14.6. The third-order valence-electron chi connectivity index (χ3n) is 3.00. The number of carbonyl (C=O) groups excluding carboxylic acids is 1. The maximum atomic E-state index is 11.9. The Kier molecular flexibility index (Phi) is 7.56. The van der Waals surface area contributed by atoms with Crippen molar-refractivity contribution < 1.29 is 14.6 Å². The number of rotatable bonds is 9. The van der Waals surface area contributed by atoms with E-state index in [4.69, 9.17) is 9.84 Å². The van der Waals surface area contributed by atoms with Crippen LogP contribution in [-0.2, 0) is 9.53 Å². The highest BCUT2D eigenvalue weighted by atomic mass is 32.1. The summed E-state index contributed by atoms with van der Waals surface area (Å²) >= 11 is 4.52. The summed E-state index contributed by atoms with van der Waals surface area (Å²) in [6.45, 7) is 12.3. The number of carbonyl (C=O) groups is 1. The van der Waals surface area contributed by atoms with Gasteiger partial charge in [0.1, 0.15) is 6.73 Å². The van der Waals surface area contributed by atoms with Gasteiger partial charge in [0.2, 0.25) is 5.91 Å². The van der Waals surface area contributed by atoms with Crippen molar-refractivity contribution in [3.8, 4) is 0 Å². The van der Waals surface area contributed by atoms with E-state index in [1.807, 2.05) is 13.8 Å². The first kappa shape index (κ1) is 19.7. The average molecular weight is 305 g/mol. The highest BCUT2D eigenvalue weighted by Crippen LogP contribution is 2.34. The van der Waals surface area contributed by atoms with E-state index in [2.05, 4.69) is 45.6 Å². The van der Waals surface area contributed by atoms with Gasteiger partial charge in [-0.1, -0.05) is 27.7 Å². The molecule has 4 nitrogen and oxygen atoms in total. The standard InChI is InChI=1S/C15H31NO3S/c1-13(2,10-15(5,6)20)9-12(18)16-11-19-14(3,4)7-8-17/h17,20H,7-11H2,1-6H3,(H,16,18). The van der Waals surface area contributed by atoms with Gasteiger partial charge >= 0.3 is 0 Å². The molecule has 0 saturated carbocycles. The largest absolute Gasteiger partial charge is 0.396 e. The fourth-order valence-corrected chi connectivity index (χ4v) is 2.81. The van der Waals surface area contributed by atoms with Crippen molar-refractivity contribution in [2.75, 3.05) is 13.3 Å². The van der Waals surface area contributed by atoms with Crippen molar-refractivity contribution in [2.24, 2.45) is 5.41 Å². The third-order valence-corrected chi connectivity index (χ3v) is 3.15. The number of amides is 1. The molecule has 0 unspecified atom stereocenters. The minimum atomic E-state index is -0.426. The molecule has 0 aliphatic carbocycles. The molecule has 20 heavy (non-hydrogen) atoms. The van der Waals surface area contributed by atoms with Crippen LogP contribution in [-0.4, -0.2) is 34.7 Å². The molecule has 0 bridgehead atoms. The van der Waals surface area contributed by atoms with Crippen LogP contribution in [0.25, 0.3) is 0 Å². The molecule has 0 atom stereocenters. The Bertz CT molecular complexity index is 309. The van der Waals surface area contributed by atoms with Crippen molar-refractivity contribution in [3.63, 3.8) is 0 Å². The number of hydrogen-bond acceptors (Lipinski definition) is 4. The molecule has 0 aromatic rings. The topological polar surface area (TPSA) is 58.6 Å². The summed E-state index contributed by atoms with van der Waals surface area (Å²) in [6, 6.07) is 0. The van der Waals surface area contributed by atoms with Gasteiger partial charge in [-0.2, -0.15) is 12.6 Å². The SMILES string of the molecule is CC(C)(S)CC(C)(C)CC(=O)NCOC(C)(C)CCO. The van der Waals surface area contributed by atoms with Crippen LogP contribution in [0.1, 0.15) is 60.8 Å². The van der Waals surface area contributed by atoms with Crippen LogP contribution in [0.3, 0.4) is 0 Å². The van der Waals surface area contributed by atoms with Gasteiger partial charge in [-0.25, -0.2) is 0 Å². The highest BCUT2D eigenvalue weighted by Gasteiger charge is 2.28. The molecule has 0 aliphatic heterocycles. The average Bonchev–Trinajstić information content (AvgIpc) is 2.10. The molecule has 0 saturated heterocycles. The molecule has 0 spiro atoms. The molecule has 2 N–H and O–H groups in total. The van der Waals surface area contributed by atoms with Crippen LogP contribution in [0.2, 0.25) is 0 Å². The molecule has 0 fully saturated rings. The van der Waals surface area contributed by atoms with E-state index in [0.29, 0.717) is 12.8 Å². The van der Waals surface area contributed by atoms with Gasteiger partial charge in [0, 0.05) is 17.8 Å². The van der Waals surface area contributed by atoms with Crippen molar-refractivity contribution in [3.05, 3.63) is 0 Å². The lowest BCUT2D eigenvalue weighted by Gasteiger charge is -2.31. The molecule has 0 aliphatic rings. The first-order valence-electron chi connectivity index (χ1n) is 7.11. The van der Waals surface area contributed by atoms with Crippen LogP contribution < -0.4 is 5.32 Å². The van der Waals surface area contributed by atoms with E-state index in [1.54, 1.807) is 0 Å². The summed E-state index contributed by atoms with van der Waals surface area (Å²) < 4.78 is 5.46. The molecule has 0 aromatic carbocycles. The van der Waals surface area contributed by atoms with E-state index in [-0.39, 0.29) is 29.4 Å². The van der Waals surface area contributed by atoms with Crippen molar-refractivity contribution >= 4 is 18.5 Å². The number of hydrogen-bond donors (Lipinski definition) is 3. The summed E-state index contributed by atoms with van der Waals surface area (Å²) in [6.07, 6.45) is 1.84. The number of thiol groups is 1. The highest BCUT2D eigenvalue weighted by molar-refractivity contribution is 7.81. The van der Waals surface area contributed by atoms with Gasteiger partial charge in [-0.05, 0) is 32.1 Å². The fraction of sp³-hybridized carbons (Fsp3) is 0.933. The Morgan fingerprint density at radius 2 is 1.75 bits per heavy atom. The predicted molar refractivity (Wildman–Crippen MR) is 86.0 cm³/mol. The molecule has 0 radical (unpaired) electrons. The summed E-state index contributed by atoms with van der Waals surface area (Å²) in [5, 5.41) is 11.7. The lowest BCUT2D eigenvalue weighted by atomic mass is 9.80. The van der Waals surface area contributed by atoms with E-state index >= 15 is 0 Å². The molecule has 120 valence electrons. The zero-order valence-electron chi connectivity index (χ0n) is 13.7. The summed E-state index contributed by atoms with van der Waals surface area (Å²) in [7, 11) is 0. The second kappa shape index (κ2) is 7.66. The number of ether oxygens (including phenoxy) is 1. The minimum Gasteiger partial charge on any atom is -0.396 e. The summed E-state index contributed by atoms with van der Waals surface area (Å²) in [4.78, 5) is 11.9. The van der Waals surface area contributed by atoms with Crippen molar-refractivity contribution in [2.45, 2.75) is 71.2 Å². The lowest BCUT2D eigenvalue weighted by Crippen LogP contribution is -2.36. The first-order valence-corrected chi connectivity index (χ1v) is 7.56. The van der Waals surface area contributed by atoms with Crippen LogP contribution in [0.15, 0.2) is 0 Å². The van der Waals surface area contributed by atoms with Crippen molar-refractivity contribution in [1.29, 1.82) is 0 Å². The second-order valence-electron chi connectivity index (χ2n) is 7.45.